The molecule has 0 amide bonds. The Morgan fingerprint density at radius 3 is 2.83 bits per heavy atom. The minimum atomic E-state index is 0.352. The van der Waals surface area contributed by atoms with E-state index in [9.17, 15) is 5.11 Å². The zero-order valence-electron chi connectivity index (χ0n) is 11.4. The molecule has 0 aromatic heterocycles. The molecular weight excluding hydrogens is 222 g/mol. The van der Waals surface area contributed by atoms with E-state index in [1.54, 1.807) is 0 Å². The minimum absolute atomic E-state index is 0.352. The molecule has 1 saturated heterocycles. The van der Waals surface area contributed by atoms with Gasteiger partial charge in [0, 0.05) is 13.2 Å². The number of benzene rings is 1. The van der Waals surface area contributed by atoms with Crippen LogP contribution in [0.2, 0.25) is 0 Å². The van der Waals surface area contributed by atoms with Crippen molar-refractivity contribution in [3.63, 3.8) is 0 Å². The van der Waals surface area contributed by atoms with E-state index < -0.39 is 0 Å². The number of hydrogen-bond acceptors (Lipinski definition) is 2. The Morgan fingerprint density at radius 1 is 1.33 bits per heavy atom. The maximum absolute atomic E-state index is 9.24. The van der Waals surface area contributed by atoms with E-state index in [1.165, 1.54) is 31.4 Å². The van der Waals surface area contributed by atoms with Crippen molar-refractivity contribution in [2.24, 2.45) is 5.92 Å². The van der Waals surface area contributed by atoms with Gasteiger partial charge in [0.2, 0.25) is 0 Å². The van der Waals surface area contributed by atoms with Gasteiger partial charge in [-0.05, 0) is 49.8 Å². The molecule has 2 nitrogen and oxygen atoms in total. The first-order valence-corrected chi connectivity index (χ1v) is 7.17. The highest BCUT2D eigenvalue weighted by atomic mass is 16.3. The Bertz CT molecular complexity index is 338. The quantitative estimate of drug-likeness (QED) is 0.865. The monoisotopic (exact) mass is 247 g/mol. The second kappa shape index (κ2) is 6.91. The summed E-state index contributed by atoms with van der Waals surface area (Å²) in [6, 6.07) is 10.8. The molecule has 1 aromatic rings. The fraction of sp³-hybridized carbons (Fsp3) is 0.625. The van der Waals surface area contributed by atoms with Gasteiger partial charge in [0.05, 0.1) is 0 Å². The van der Waals surface area contributed by atoms with E-state index in [0.717, 1.165) is 13.1 Å². The second-order valence-corrected chi connectivity index (χ2v) is 5.59. The van der Waals surface area contributed by atoms with Gasteiger partial charge in [-0.2, -0.15) is 0 Å². The summed E-state index contributed by atoms with van der Waals surface area (Å²) in [5, 5.41) is 9.24. The average molecular weight is 247 g/mol. The van der Waals surface area contributed by atoms with Crippen molar-refractivity contribution in [1.29, 1.82) is 0 Å². The number of aliphatic hydroxyl groups is 1. The zero-order chi connectivity index (χ0) is 12.8. The minimum Gasteiger partial charge on any atom is -0.396 e. The molecule has 0 radical (unpaired) electrons. The van der Waals surface area contributed by atoms with Gasteiger partial charge in [-0.1, -0.05) is 37.3 Å². The molecule has 18 heavy (non-hydrogen) atoms. The molecule has 2 heteroatoms. The van der Waals surface area contributed by atoms with Crippen molar-refractivity contribution in [1.82, 2.24) is 4.90 Å². The van der Waals surface area contributed by atoms with Crippen LogP contribution in [-0.2, 0) is 0 Å². The van der Waals surface area contributed by atoms with Gasteiger partial charge in [-0.25, -0.2) is 0 Å². The Kier molecular flexibility index (Phi) is 5.21. The molecule has 0 bridgehead atoms. The van der Waals surface area contributed by atoms with Gasteiger partial charge >= 0.3 is 0 Å². The van der Waals surface area contributed by atoms with Gasteiger partial charge in [-0.3, -0.25) is 0 Å². The lowest BCUT2D eigenvalue weighted by Crippen LogP contribution is -2.37. The van der Waals surface area contributed by atoms with Crippen molar-refractivity contribution in [3.8, 4) is 0 Å². The van der Waals surface area contributed by atoms with Crippen molar-refractivity contribution in [2.75, 3.05) is 26.2 Å². The van der Waals surface area contributed by atoms with Crippen molar-refractivity contribution >= 4 is 0 Å². The summed E-state index contributed by atoms with van der Waals surface area (Å²) in [6.07, 6.45) is 3.65. The Morgan fingerprint density at radius 2 is 2.11 bits per heavy atom. The van der Waals surface area contributed by atoms with Gasteiger partial charge in [0.15, 0.2) is 0 Å². The van der Waals surface area contributed by atoms with Crippen molar-refractivity contribution in [2.45, 2.75) is 32.1 Å². The molecule has 1 N–H and O–H groups in total. The van der Waals surface area contributed by atoms with Gasteiger partial charge < -0.3 is 10.0 Å². The van der Waals surface area contributed by atoms with E-state index in [1.807, 2.05) is 0 Å². The van der Waals surface area contributed by atoms with E-state index in [2.05, 4.69) is 42.2 Å². The number of likely N-dealkylation sites (tertiary alicyclic amines) is 1. The third-order valence-electron chi connectivity index (χ3n) is 4.11. The maximum atomic E-state index is 9.24. The lowest BCUT2D eigenvalue weighted by Gasteiger charge is -2.32. The first-order chi connectivity index (χ1) is 8.79. The molecule has 0 aliphatic carbocycles. The predicted octanol–water partition coefficient (Wildman–Crippen LogP) is 2.88. The SMILES string of the molecule is C[C@H](CCN1CCC[C@@H](CO)C1)c1ccccc1. The Labute approximate surface area is 111 Å². The fourth-order valence-electron chi connectivity index (χ4n) is 2.83. The third kappa shape index (κ3) is 3.82. The molecular formula is C16H25NO. The normalized spacial score (nSPS) is 22.9. The molecule has 0 saturated carbocycles. The smallest absolute Gasteiger partial charge is 0.0471 e. The molecule has 1 aliphatic heterocycles. The summed E-state index contributed by atoms with van der Waals surface area (Å²) in [6.45, 7) is 6.11. The van der Waals surface area contributed by atoms with Crippen LogP contribution in [0.5, 0.6) is 0 Å². The number of rotatable bonds is 5. The van der Waals surface area contributed by atoms with Gasteiger partial charge in [0.1, 0.15) is 0 Å². The third-order valence-corrected chi connectivity index (χ3v) is 4.11. The number of nitrogens with zero attached hydrogens (tertiary/aromatic N) is 1. The standard InChI is InChI=1S/C16H25NO/c1-14(16-7-3-2-4-8-16)9-11-17-10-5-6-15(12-17)13-18/h2-4,7-8,14-15,18H,5-6,9-13H2,1H3/t14-,15-/m1/s1. The van der Waals surface area contributed by atoms with Gasteiger partial charge in [0.25, 0.3) is 0 Å². The summed E-state index contributed by atoms with van der Waals surface area (Å²) < 4.78 is 0. The largest absolute Gasteiger partial charge is 0.396 e. The predicted molar refractivity (Wildman–Crippen MR) is 75.7 cm³/mol. The molecule has 100 valence electrons. The lowest BCUT2D eigenvalue weighted by atomic mass is 9.95. The first-order valence-electron chi connectivity index (χ1n) is 7.17. The molecule has 1 heterocycles. The second-order valence-electron chi connectivity index (χ2n) is 5.59. The number of aliphatic hydroxyl groups excluding tert-OH is 1. The summed E-state index contributed by atoms with van der Waals surface area (Å²) in [4.78, 5) is 2.52. The molecule has 1 aliphatic rings. The zero-order valence-corrected chi connectivity index (χ0v) is 11.4. The molecule has 0 unspecified atom stereocenters. The summed E-state index contributed by atoms with van der Waals surface area (Å²) >= 11 is 0. The van der Waals surface area contributed by atoms with Crippen molar-refractivity contribution in [3.05, 3.63) is 35.9 Å². The highest BCUT2D eigenvalue weighted by molar-refractivity contribution is 5.18. The van der Waals surface area contributed by atoms with E-state index in [-0.39, 0.29) is 0 Å². The lowest BCUT2D eigenvalue weighted by molar-refractivity contribution is 0.118. The molecule has 1 fully saturated rings. The Hall–Kier alpha value is -0.860. The average Bonchev–Trinajstić information content (AvgIpc) is 2.46. The van der Waals surface area contributed by atoms with Crippen LogP contribution in [0, 0.1) is 5.92 Å². The summed E-state index contributed by atoms with van der Waals surface area (Å²) in [5.74, 6) is 1.13. The number of hydrogen-bond donors (Lipinski definition) is 1. The Balaban J connectivity index is 1.77. The maximum Gasteiger partial charge on any atom is 0.0471 e. The van der Waals surface area contributed by atoms with Crippen LogP contribution >= 0.6 is 0 Å². The van der Waals surface area contributed by atoms with Crippen LogP contribution in [0.15, 0.2) is 30.3 Å². The van der Waals surface area contributed by atoms with Crippen molar-refractivity contribution < 1.29 is 5.11 Å². The van der Waals surface area contributed by atoms with E-state index in [0.29, 0.717) is 18.4 Å². The molecule has 0 spiro atoms. The first kappa shape index (κ1) is 13.6. The van der Waals surface area contributed by atoms with Crippen LogP contribution in [0.1, 0.15) is 37.7 Å². The highest BCUT2D eigenvalue weighted by Crippen LogP contribution is 2.21. The summed E-state index contributed by atoms with van der Waals surface area (Å²) in [5.41, 5.74) is 1.44. The van der Waals surface area contributed by atoms with Crippen LogP contribution in [0.3, 0.4) is 0 Å². The van der Waals surface area contributed by atoms with Crippen LogP contribution in [0.4, 0.5) is 0 Å². The van der Waals surface area contributed by atoms with E-state index >= 15 is 0 Å². The van der Waals surface area contributed by atoms with Gasteiger partial charge in [-0.15, -0.1) is 0 Å². The van der Waals surface area contributed by atoms with Crippen LogP contribution in [0.25, 0.3) is 0 Å². The van der Waals surface area contributed by atoms with Crippen LogP contribution in [-0.4, -0.2) is 36.2 Å². The van der Waals surface area contributed by atoms with Crippen LogP contribution < -0.4 is 0 Å². The fourth-order valence-corrected chi connectivity index (χ4v) is 2.83. The number of piperidine rings is 1. The highest BCUT2D eigenvalue weighted by Gasteiger charge is 2.19. The molecule has 1 aromatic carbocycles. The summed E-state index contributed by atoms with van der Waals surface area (Å²) in [7, 11) is 0. The molecule has 2 atom stereocenters. The molecule has 2 rings (SSSR count). The topological polar surface area (TPSA) is 23.5 Å². The van der Waals surface area contributed by atoms with E-state index in [4.69, 9.17) is 0 Å².